The molecule has 1 atom stereocenters. The van der Waals surface area contributed by atoms with Crippen molar-refractivity contribution in [3.63, 3.8) is 0 Å². The number of hydrogen-bond donors (Lipinski definition) is 2. The van der Waals surface area contributed by atoms with E-state index in [0.29, 0.717) is 17.1 Å². The summed E-state index contributed by atoms with van der Waals surface area (Å²) in [6.07, 6.45) is -0.0733. The predicted octanol–water partition coefficient (Wildman–Crippen LogP) is 2.15. The van der Waals surface area contributed by atoms with E-state index in [0.717, 1.165) is 5.56 Å². The van der Waals surface area contributed by atoms with Crippen molar-refractivity contribution in [1.82, 2.24) is 0 Å². The lowest BCUT2D eigenvalue weighted by atomic mass is 9.87. The number of nitrogens with zero attached hydrogens (tertiary/aromatic N) is 2. The summed E-state index contributed by atoms with van der Waals surface area (Å²) in [6, 6.07) is 18.5. The summed E-state index contributed by atoms with van der Waals surface area (Å²) < 4.78 is 0. The molecule has 0 bridgehead atoms. The molecule has 0 saturated heterocycles. The molecule has 108 valence electrons. The lowest BCUT2D eigenvalue weighted by Gasteiger charge is -2.18. The van der Waals surface area contributed by atoms with E-state index < -0.39 is 5.54 Å². The average molecular weight is 290 g/mol. The number of nitrogens with two attached hydrogens (primary N) is 1. The van der Waals surface area contributed by atoms with Gasteiger partial charge < -0.3 is 11.1 Å². The molecule has 0 aliphatic carbocycles. The molecule has 0 aromatic heterocycles. The number of aliphatic imine (C=N–C) groups is 1. The van der Waals surface area contributed by atoms with Crippen LogP contribution in [-0.4, -0.2) is 11.7 Å². The molecule has 1 unspecified atom stereocenters. The maximum absolute atomic E-state index is 12.3. The first-order valence-corrected chi connectivity index (χ1v) is 6.86. The van der Waals surface area contributed by atoms with Gasteiger partial charge in [-0.1, -0.05) is 42.5 Å². The van der Waals surface area contributed by atoms with Crippen LogP contribution in [0.25, 0.3) is 0 Å². The van der Waals surface area contributed by atoms with E-state index in [-0.39, 0.29) is 12.3 Å². The number of hydrogen-bond acceptors (Lipinski definition) is 4. The third kappa shape index (κ3) is 2.31. The van der Waals surface area contributed by atoms with Gasteiger partial charge >= 0.3 is 0 Å². The Morgan fingerprint density at radius 1 is 1.18 bits per heavy atom. The molecule has 22 heavy (non-hydrogen) atoms. The van der Waals surface area contributed by atoms with Crippen molar-refractivity contribution in [3.8, 4) is 6.07 Å². The molecule has 3 rings (SSSR count). The van der Waals surface area contributed by atoms with Crippen molar-refractivity contribution in [2.24, 2.45) is 10.7 Å². The highest BCUT2D eigenvalue weighted by molar-refractivity contribution is 6.03. The van der Waals surface area contributed by atoms with Crippen molar-refractivity contribution >= 4 is 17.4 Å². The van der Waals surface area contributed by atoms with Crippen LogP contribution in [0.1, 0.15) is 17.5 Å². The van der Waals surface area contributed by atoms with E-state index in [1.165, 1.54) is 0 Å². The third-order valence-electron chi connectivity index (χ3n) is 3.62. The molecule has 5 heteroatoms. The van der Waals surface area contributed by atoms with Gasteiger partial charge in [0.25, 0.3) is 0 Å². The van der Waals surface area contributed by atoms with Gasteiger partial charge in [0.05, 0.1) is 12.5 Å². The molecule has 0 saturated carbocycles. The van der Waals surface area contributed by atoms with Gasteiger partial charge in [0, 0.05) is 16.8 Å². The minimum Gasteiger partial charge on any atom is -0.383 e. The van der Waals surface area contributed by atoms with Crippen LogP contribution in [0.3, 0.4) is 0 Å². The summed E-state index contributed by atoms with van der Waals surface area (Å²) in [5, 5.41) is 12.4. The minimum atomic E-state index is -1.25. The molecule has 2 aromatic rings. The van der Waals surface area contributed by atoms with Crippen molar-refractivity contribution in [3.05, 3.63) is 65.7 Å². The van der Waals surface area contributed by atoms with Crippen LogP contribution in [0.4, 0.5) is 5.69 Å². The fourth-order valence-corrected chi connectivity index (χ4v) is 2.61. The Balaban J connectivity index is 1.87. The van der Waals surface area contributed by atoms with Crippen molar-refractivity contribution in [2.75, 3.05) is 5.32 Å². The van der Waals surface area contributed by atoms with E-state index in [9.17, 15) is 10.1 Å². The molecule has 1 amide bonds. The number of carbonyl (C=O) groups excluding carboxylic acids is 1. The quantitative estimate of drug-likeness (QED) is 0.907. The Labute approximate surface area is 128 Å². The Morgan fingerprint density at radius 3 is 2.59 bits per heavy atom. The zero-order valence-electron chi connectivity index (χ0n) is 11.8. The second-order valence-electron chi connectivity index (χ2n) is 5.11. The topological polar surface area (TPSA) is 91.3 Å². The maximum Gasteiger partial charge on any atom is 0.228 e. The second kappa shape index (κ2) is 5.34. The number of benzene rings is 2. The highest BCUT2D eigenvalue weighted by Crippen LogP contribution is 2.37. The van der Waals surface area contributed by atoms with Crippen molar-refractivity contribution in [1.29, 1.82) is 5.26 Å². The van der Waals surface area contributed by atoms with Gasteiger partial charge in [-0.3, -0.25) is 4.79 Å². The van der Waals surface area contributed by atoms with Crippen molar-refractivity contribution < 1.29 is 4.79 Å². The molecular formula is C17H14N4O. The van der Waals surface area contributed by atoms with Crippen LogP contribution < -0.4 is 11.1 Å². The zero-order chi connectivity index (χ0) is 15.6. The molecule has 0 radical (unpaired) electrons. The van der Waals surface area contributed by atoms with Crippen LogP contribution in [0, 0.1) is 11.3 Å². The molecular weight excluding hydrogens is 276 g/mol. The van der Waals surface area contributed by atoms with Gasteiger partial charge in [-0.05, 0) is 12.1 Å². The van der Waals surface area contributed by atoms with Gasteiger partial charge in [0.1, 0.15) is 5.84 Å². The number of amidine groups is 1. The van der Waals surface area contributed by atoms with Gasteiger partial charge in [-0.15, -0.1) is 0 Å². The summed E-state index contributed by atoms with van der Waals surface area (Å²) >= 11 is 0. The molecule has 3 N–H and O–H groups in total. The van der Waals surface area contributed by atoms with Crippen LogP contribution in [0.2, 0.25) is 0 Å². The van der Waals surface area contributed by atoms with Gasteiger partial charge in [-0.2, -0.15) is 5.26 Å². The Kier molecular flexibility index (Phi) is 3.36. The monoisotopic (exact) mass is 290 g/mol. The first-order chi connectivity index (χ1) is 10.6. The van der Waals surface area contributed by atoms with E-state index in [4.69, 9.17) is 5.73 Å². The first kappa shape index (κ1) is 13.8. The summed E-state index contributed by atoms with van der Waals surface area (Å²) in [7, 11) is 0. The molecule has 1 aliphatic heterocycles. The van der Waals surface area contributed by atoms with Crippen LogP contribution in [-0.2, 0) is 10.3 Å². The van der Waals surface area contributed by atoms with E-state index in [1.54, 1.807) is 18.2 Å². The second-order valence-corrected chi connectivity index (χ2v) is 5.11. The number of rotatable bonds is 3. The number of amides is 1. The number of anilines is 1. The highest BCUT2D eigenvalue weighted by Gasteiger charge is 2.41. The number of nitriles is 1. The molecule has 2 aromatic carbocycles. The first-order valence-electron chi connectivity index (χ1n) is 6.86. The highest BCUT2D eigenvalue weighted by atomic mass is 16.1. The average Bonchev–Trinajstić information content (AvgIpc) is 2.82. The Bertz CT molecular complexity index is 792. The van der Waals surface area contributed by atoms with Gasteiger partial charge in [0.15, 0.2) is 5.54 Å². The summed E-state index contributed by atoms with van der Waals surface area (Å²) in [5.41, 5.74) is 6.72. The fourth-order valence-electron chi connectivity index (χ4n) is 2.61. The number of carbonyl (C=O) groups is 1. The Hall–Kier alpha value is -3.13. The standard InChI is InChI=1S/C17H14N4O/c18-11-17(10-15(22)20-12-6-2-1-3-7-12)14-9-5-4-8-13(14)16(19)21-17/h1-9H,10H2,(H2,19,21)(H,20,22). The van der Waals surface area contributed by atoms with E-state index in [2.05, 4.69) is 16.4 Å². The molecule has 1 aliphatic rings. The molecule has 0 fully saturated rings. The molecule has 0 spiro atoms. The third-order valence-corrected chi connectivity index (χ3v) is 3.62. The summed E-state index contributed by atoms with van der Waals surface area (Å²) in [4.78, 5) is 16.5. The SMILES string of the molecule is N#CC1(CC(=O)Nc2ccccc2)N=C(N)c2ccccc21. The van der Waals surface area contributed by atoms with Gasteiger partial charge in [-0.25, -0.2) is 4.99 Å². The minimum absolute atomic E-state index is 0.0733. The normalized spacial score (nSPS) is 19.0. The van der Waals surface area contributed by atoms with E-state index >= 15 is 0 Å². The lowest BCUT2D eigenvalue weighted by Crippen LogP contribution is -2.27. The smallest absolute Gasteiger partial charge is 0.228 e. The molecule has 5 nitrogen and oxygen atoms in total. The van der Waals surface area contributed by atoms with Crippen LogP contribution >= 0.6 is 0 Å². The van der Waals surface area contributed by atoms with Crippen molar-refractivity contribution in [2.45, 2.75) is 12.0 Å². The van der Waals surface area contributed by atoms with Crippen LogP contribution in [0.5, 0.6) is 0 Å². The maximum atomic E-state index is 12.3. The molecule has 1 heterocycles. The Morgan fingerprint density at radius 2 is 1.86 bits per heavy atom. The fraction of sp³-hybridized carbons (Fsp3) is 0.118. The van der Waals surface area contributed by atoms with Crippen LogP contribution in [0.15, 0.2) is 59.6 Å². The number of para-hydroxylation sites is 1. The summed E-state index contributed by atoms with van der Waals surface area (Å²) in [6.45, 7) is 0. The largest absolute Gasteiger partial charge is 0.383 e. The lowest BCUT2D eigenvalue weighted by molar-refractivity contribution is -0.117. The predicted molar refractivity (Wildman–Crippen MR) is 84.1 cm³/mol. The van der Waals surface area contributed by atoms with E-state index in [1.807, 2.05) is 36.4 Å². The zero-order valence-corrected chi connectivity index (χ0v) is 11.8. The number of fused-ring (bicyclic) bond motifs is 1. The summed E-state index contributed by atoms with van der Waals surface area (Å²) in [5.74, 6) is 0.0191. The van der Waals surface area contributed by atoms with Gasteiger partial charge in [0.2, 0.25) is 5.91 Å². The number of nitrogens with one attached hydrogen (secondary N) is 1.